The second kappa shape index (κ2) is 8.40. The van der Waals surface area contributed by atoms with Crippen LogP contribution in [0.5, 0.6) is 0 Å². The van der Waals surface area contributed by atoms with E-state index in [1.807, 2.05) is 56.3 Å². The number of hydrogen-bond acceptors (Lipinski definition) is 3. The first kappa shape index (κ1) is 16.3. The highest BCUT2D eigenvalue weighted by Crippen LogP contribution is 2.15. The van der Waals surface area contributed by atoms with Crippen molar-refractivity contribution in [1.29, 1.82) is 0 Å². The van der Waals surface area contributed by atoms with Crippen molar-refractivity contribution < 1.29 is 4.79 Å². The maximum absolute atomic E-state index is 11.7. The third-order valence-electron chi connectivity index (χ3n) is 3.13. The molecule has 0 unspecified atom stereocenters. The van der Waals surface area contributed by atoms with Crippen LogP contribution in [0.25, 0.3) is 0 Å². The number of carbonyl (C=O) groups is 1. The molecular weight excluding hydrogens is 286 g/mol. The number of rotatable bonds is 4. The molecule has 0 heterocycles. The van der Waals surface area contributed by atoms with Crippen molar-refractivity contribution in [2.75, 3.05) is 11.9 Å². The Hall–Kier alpha value is -3.06. The molecule has 0 fully saturated rings. The fraction of sp³-hybridized carbons (Fsp3) is 0.158. The SMILES string of the molecule is Cc1ccc(NCC(=O)N/N=C/C#Cc2ccccc2)c(C)c1. The van der Waals surface area contributed by atoms with Crippen LogP contribution in [0, 0.1) is 25.7 Å². The molecule has 1 amide bonds. The maximum Gasteiger partial charge on any atom is 0.259 e. The minimum atomic E-state index is -0.220. The van der Waals surface area contributed by atoms with Crippen LogP contribution in [0.3, 0.4) is 0 Å². The van der Waals surface area contributed by atoms with Gasteiger partial charge in [-0.3, -0.25) is 4.79 Å². The number of anilines is 1. The summed E-state index contributed by atoms with van der Waals surface area (Å²) in [7, 11) is 0. The van der Waals surface area contributed by atoms with Gasteiger partial charge in [-0.05, 0) is 43.5 Å². The van der Waals surface area contributed by atoms with Crippen molar-refractivity contribution in [2.24, 2.45) is 5.10 Å². The lowest BCUT2D eigenvalue weighted by Gasteiger charge is -2.09. The van der Waals surface area contributed by atoms with E-state index in [4.69, 9.17) is 0 Å². The average Bonchev–Trinajstić information content (AvgIpc) is 2.54. The molecule has 0 aliphatic rings. The Labute approximate surface area is 136 Å². The third-order valence-corrected chi connectivity index (χ3v) is 3.13. The van der Waals surface area contributed by atoms with Crippen molar-refractivity contribution in [3.05, 3.63) is 65.2 Å². The summed E-state index contributed by atoms with van der Waals surface area (Å²) in [6, 6.07) is 15.6. The van der Waals surface area contributed by atoms with Crippen LogP contribution in [-0.4, -0.2) is 18.7 Å². The molecule has 0 saturated heterocycles. The van der Waals surface area contributed by atoms with Gasteiger partial charge in [-0.15, -0.1) is 0 Å². The number of benzene rings is 2. The Morgan fingerprint density at radius 2 is 1.96 bits per heavy atom. The van der Waals surface area contributed by atoms with Crippen LogP contribution in [0.2, 0.25) is 0 Å². The summed E-state index contributed by atoms with van der Waals surface area (Å²) in [6.07, 6.45) is 1.38. The van der Waals surface area contributed by atoms with Crippen molar-refractivity contribution in [2.45, 2.75) is 13.8 Å². The molecule has 0 atom stereocenters. The molecule has 0 aliphatic heterocycles. The zero-order valence-corrected chi connectivity index (χ0v) is 13.3. The van der Waals surface area contributed by atoms with Gasteiger partial charge < -0.3 is 5.32 Å². The van der Waals surface area contributed by atoms with Gasteiger partial charge in [0.05, 0.1) is 12.8 Å². The summed E-state index contributed by atoms with van der Waals surface area (Å²) in [6.45, 7) is 4.20. The fourth-order valence-electron chi connectivity index (χ4n) is 2.00. The van der Waals surface area contributed by atoms with E-state index in [2.05, 4.69) is 33.8 Å². The highest BCUT2D eigenvalue weighted by molar-refractivity contribution is 5.84. The van der Waals surface area contributed by atoms with Gasteiger partial charge in [0, 0.05) is 11.3 Å². The van der Waals surface area contributed by atoms with Crippen molar-refractivity contribution >= 4 is 17.8 Å². The Balaban J connectivity index is 1.77. The minimum Gasteiger partial charge on any atom is -0.376 e. The molecule has 4 heteroatoms. The lowest BCUT2D eigenvalue weighted by atomic mass is 10.1. The smallest absolute Gasteiger partial charge is 0.259 e. The lowest BCUT2D eigenvalue weighted by Crippen LogP contribution is -2.26. The molecule has 2 aromatic rings. The molecule has 2 rings (SSSR count). The summed E-state index contributed by atoms with van der Waals surface area (Å²) in [5.41, 5.74) is 6.58. The number of amides is 1. The van der Waals surface area contributed by atoms with E-state index in [0.717, 1.165) is 16.8 Å². The number of aryl methyl sites for hydroxylation is 2. The van der Waals surface area contributed by atoms with E-state index >= 15 is 0 Å². The molecule has 0 aromatic heterocycles. The maximum atomic E-state index is 11.7. The molecule has 116 valence electrons. The molecule has 0 saturated carbocycles. The van der Waals surface area contributed by atoms with Gasteiger partial charge in [0.15, 0.2) is 0 Å². The Kier molecular flexibility index (Phi) is 5.96. The predicted octanol–water partition coefficient (Wildman–Crippen LogP) is 2.87. The van der Waals surface area contributed by atoms with Gasteiger partial charge in [0.2, 0.25) is 0 Å². The van der Waals surface area contributed by atoms with E-state index in [-0.39, 0.29) is 12.5 Å². The average molecular weight is 305 g/mol. The molecule has 2 N–H and O–H groups in total. The number of hydrazone groups is 1. The topological polar surface area (TPSA) is 53.5 Å². The van der Waals surface area contributed by atoms with Gasteiger partial charge in [-0.2, -0.15) is 5.10 Å². The van der Waals surface area contributed by atoms with Gasteiger partial charge >= 0.3 is 0 Å². The second-order valence-electron chi connectivity index (χ2n) is 5.10. The largest absolute Gasteiger partial charge is 0.376 e. The summed E-state index contributed by atoms with van der Waals surface area (Å²) in [5, 5.41) is 6.88. The normalized spacial score (nSPS) is 10.0. The van der Waals surface area contributed by atoms with Gasteiger partial charge in [0.25, 0.3) is 5.91 Å². The zero-order valence-electron chi connectivity index (χ0n) is 13.3. The molecule has 4 nitrogen and oxygen atoms in total. The first-order valence-electron chi connectivity index (χ1n) is 7.33. The van der Waals surface area contributed by atoms with E-state index in [1.54, 1.807) is 0 Å². The Bertz CT molecular complexity index is 755. The van der Waals surface area contributed by atoms with Crippen LogP contribution >= 0.6 is 0 Å². The molecule has 0 radical (unpaired) electrons. The third kappa shape index (κ3) is 5.68. The summed E-state index contributed by atoms with van der Waals surface area (Å²) in [4.78, 5) is 11.7. The van der Waals surface area contributed by atoms with E-state index < -0.39 is 0 Å². The van der Waals surface area contributed by atoms with Gasteiger partial charge in [-0.25, -0.2) is 5.43 Å². The molecule has 2 aromatic carbocycles. The van der Waals surface area contributed by atoms with Crippen LogP contribution in [0.15, 0.2) is 53.6 Å². The van der Waals surface area contributed by atoms with E-state index in [1.165, 1.54) is 11.8 Å². The summed E-state index contributed by atoms with van der Waals surface area (Å²) < 4.78 is 0. The monoisotopic (exact) mass is 305 g/mol. The number of nitrogens with one attached hydrogen (secondary N) is 2. The van der Waals surface area contributed by atoms with Crippen LogP contribution < -0.4 is 10.7 Å². The number of carbonyl (C=O) groups excluding carboxylic acids is 1. The second-order valence-corrected chi connectivity index (χ2v) is 5.10. The zero-order chi connectivity index (χ0) is 16.5. The van der Waals surface area contributed by atoms with Crippen molar-refractivity contribution in [1.82, 2.24) is 5.43 Å². The molecule has 23 heavy (non-hydrogen) atoms. The first-order chi connectivity index (χ1) is 11.1. The number of nitrogens with zero attached hydrogens (tertiary/aromatic N) is 1. The Morgan fingerprint density at radius 1 is 1.17 bits per heavy atom. The van der Waals surface area contributed by atoms with Crippen molar-refractivity contribution in [3.63, 3.8) is 0 Å². The van der Waals surface area contributed by atoms with E-state index in [0.29, 0.717) is 0 Å². The summed E-state index contributed by atoms with van der Waals surface area (Å²) >= 11 is 0. The quantitative estimate of drug-likeness (QED) is 0.518. The molecule has 0 bridgehead atoms. The standard InChI is InChI=1S/C19H19N3O/c1-15-10-11-18(16(2)13-15)20-14-19(23)22-21-12-6-9-17-7-4-3-5-8-17/h3-5,7-8,10-13,20H,14H2,1-2H3,(H,22,23)/b21-12+. The highest BCUT2D eigenvalue weighted by Gasteiger charge is 2.01. The molecular formula is C19H19N3O. The Morgan fingerprint density at radius 3 is 2.70 bits per heavy atom. The lowest BCUT2D eigenvalue weighted by molar-refractivity contribution is -0.119. The van der Waals surface area contributed by atoms with Crippen molar-refractivity contribution in [3.8, 4) is 11.8 Å². The summed E-state index contributed by atoms with van der Waals surface area (Å²) in [5.74, 6) is 5.47. The first-order valence-corrected chi connectivity index (χ1v) is 7.33. The fourth-order valence-corrected chi connectivity index (χ4v) is 2.00. The predicted molar refractivity (Wildman–Crippen MR) is 94.4 cm³/mol. The van der Waals surface area contributed by atoms with Gasteiger partial charge in [0.1, 0.15) is 0 Å². The highest BCUT2D eigenvalue weighted by atomic mass is 16.2. The molecule has 0 spiro atoms. The van der Waals surface area contributed by atoms with Crippen LogP contribution in [0.1, 0.15) is 16.7 Å². The van der Waals surface area contributed by atoms with Crippen LogP contribution in [0.4, 0.5) is 5.69 Å². The van der Waals surface area contributed by atoms with Crippen LogP contribution in [-0.2, 0) is 4.79 Å². The van der Waals surface area contributed by atoms with E-state index in [9.17, 15) is 4.79 Å². The minimum absolute atomic E-state index is 0.160. The van der Waals surface area contributed by atoms with Gasteiger partial charge in [-0.1, -0.05) is 41.8 Å². The number of hydrogen-bond donors (Lipinski definition) is 2. The molecule has 0 aliphatic carbocycles.